The fourth-order valence-corrected chi connectivity index (χ4v) is 4.47. The van der Waals surface area contributed by atoms with Gasteiger partial charge in [0, 0.05) is 37.6 Å². The molecule has 4 nitrogen and oxygen atoms in total. The maximum Gasteiger partial charge on any atom is 0.0743 e. The fraction of sp³-hybridized carbons (Fsp3) is 1.00. The molecule has 0 bridgehead atoms. The normalized spacial score (nSPS) is 42.1. The van der Waals surface area contributed by atoms with Crippen LogP contribution in [0.3, 0.4) is 0 Å². The molecule has 4 atom stereocenters. The molecule has 0 aromatic rings. The number of piperidine rings is 1. The Kier molecular flexibility index (Phi) is 4.65. The summed E-state index contributed by atoms with van der Waals surface area (Å²) in [7, 11) is 6.86. The molecule has 3 rings (SSSR count). The minimum atomic E-state index is 0.454. The molecule has 0 aliphatic carbocycles. The third kappa shape index (κ3) is 3.03. The van der Waals surface area contributed by atoms with Gasteiger partial charge in [-0.15, -0.1) is 0 Å². The van der Waals surface area contributed by atoms with E-state index in [0.29, 0.717) is 6.10 Å². The van der Waals surface area contributed by atoms with Crippen molar-refractivity contribution in [1.82, 2.24) is 14.7 Å². The first-order valence-electron chi connectivity index (χ1n) is 8.36. The highest BCUT2D eigenvalue weighted by Gasteiger charge is 2.41. The van der Waals surface area contributed by atoms with Crippen LogP contribution >= 0.6 is 0 Å². The largest absolute Gasteiger partial charge is 0.375 e. The predicted octanol–water partition coefficient (Wildman–Crippen LogP) is 1.12. The van der Waals surface area contributed by atoms with Crippen LogP contribution in [0.4, 0.5) is 0 Å². The van der Waals surface area contributed by atoms with Gasteiger partial charge in [-0.05, 0) is 47.0 Å². The lowest BCUT2D eigenvalue weighted by molar-refractivity contribution is -0.0477. The van der Waals surface area contributed by atoms with Crippen molar-refractivity contribution < 1.29 is 4.74 Å². The molecular formula is C16H31N3O. The Morgan fingerprint density at radius 2 is 1.75 bits per heavy atom. The summed E-state index contributed by atoms with van der Waals surface area (Å²) in [6, 6.07) is 1.50. The molecule has 0 spiro atoms. The number of likely N-dealkylation sites (tertiary alicyclic amines) is 2. The van der Waals surface area contributed by atoms with Gasteiger partial charge in [-0.3, -0.25) is 0 Å². The van der Waals surface area contributed by atoms with Crippen LogP contribution in [0.2, 0.25) is 0 Å². The van der Waals surface area contributed by atoms with Gasteiger partial charge >= 0.3 is 0 Å². The molecule has 20 heavy (non-hydrogen) atoms. The zero-order chi connectivity index (χ0) is 14.1. The van der Waals surface area contributed by atoms with Gasteiger partial charge in [0.25, 0.3) is 0 Å². The lowest BCUT2D eigenvalue weighted by Gasteiger charge is -2.39. The Morgan fingerprint density at radius 1 is 0.900 bits per heavy atom. The fourth-order valence-electron chi connectivity index (χ4n) is 4.47. The lowest BCUT2D eigenvalue weighted by atomic mass is 9.90. The molecule has 0 N–H and O–H groups in total. The second-order valence-electron chi connectivity index (χ2n) is 7.22. The van der Waals surface area contributed by atoms with E-state index in [1.807, 2.05) is 0 Å². The molecule has 116 valence electrons. The van der Waals surface area contributed by atoms with E-state index in [0.717, 1.165) is 37.7 Å². The maximum absolute atomic E-state index is 6.06. The van der Waals surface area contributed by atoms with Gasteiger partial charge in [0.1, 0.15) is 0 Å². The zero-order valence-corrected chi connectivity index (χ0v) is 13.4. The molecular weight excluding hydrogens is 250 g/mol. The number of hydrogen-bond acceptors (Lipinski definition) is 4. The molecule has 0 aromatic carbocycles. The van der Waals surface area contributed by atoms with Crippen molar-refractivity contribution in [2.45, 2.75) is 43.9 Å². The summed E-state index contributed by atoms with van der Waals surface area (Å²) in [4.78, 5) is 7.63. The topological polar surface area (TPSA) is 19.0 Å². The van der Waals surface area contributed by atoms with Crippen molar-refractivity contribution in [1.29, 1.82) is 0 Å². The van der Waals surface area contributed by atoms with Crippen molar-refractivity contribution >= 4 is 0 Å². The molecule has 4 unspecified atom stereocenters. The third-order valence-electron chi connectivity index (χ3n) is 5.73. The molecule has 3 aliphatic rings. The van der Waals surface area contributed by atoms with E-state index in [-0.39, 0.29) is 0 Å². The number of nitrogens with zero attached hydrogens (tertiary/aromatic N) is 3. The van der Waals surface area contributed by atoms with E-state index in [2.05, 4.69) is 35.8 Å². The van der Waals surface area contributed by atoms with Crippen LogP contribution in [-0.4, -0.2) is 86.8 Å². The number of ether oxygens (including phenoxy) is 1. The molecule has 0 aromatic heterocycles. The highest BCUT2D eigenvalue weighted by molar-refractivity contribution is 4.96. The Balaban J connectivity index is 1.61. The van der Waals surface area contributed by atoms with Gasteiger partial charge in [-0.25, -0.2) is 0 Å². The van der Waals surface area contributed by atoms with Crippen LogP contribution in [0, 0.1) is 5.92 Å². The summed E-state index contributed by atoms with van der Waals surface area (Å²) < 4.78 is 6.06. The smallest absolute Gasteiger partial charge is 0.0743 e. The van der Waals surface area contributed by atoms with Crippen molar-refractivity contribution in [3.05, 3.63) is 0 Å². The lowest BCUT2D eigenvalue weighted by Crippen LogP contribution is -2.48. The monoisotopic (exact) mass is 281 g/mol. The molecule has 0 amide bonds. The predicted molar refractivity (Wildman–Crippen MR) is 82.0 cm³/mol. The first-order valence-corrected chi connectivity index (χ1v) is 8.36. The Hall–Kier alpha value is -0.160. The van der Waals surface area contributed by atoms with Gasteiger partial charge in [0.2, 0.25) is 0 Å². The molecule has 3 fully saturated rings. The van der Waals surface area contributed by atoms with E-state index in [1.165, 1.54) is 38.8 Å². The number of hydrogen-bond donors (Lipinski definition) is 0. The average Bonchev–Trinajstić information content (AvgIpc) is 2.81. The third-order valence-corrected chi connectivity index (χ3v) is 5.73. The van der Waals surface area contributed by atoms with Gasteiger partial charge < -0.3 is 19.4 Å². The van der Waals surface area contributed by atoms with Crippen LogP contribution in [0.1, 0.15) is 25.7 Å². The first kappa shape index (κ1) is 14.8. The van der Waals surface area contributed by atoms with Crippen molar-refractivity contribution in [3.63, 3.8) is 0 Å². The average molecular weight is 281 g/mol. The van der Waals surface area contributed by atoms with Crippen LogP contribution in [0.15, 0.2) is 0 Å². The quantitative estimate of drug-likeness (QED) is 0.755. The van der Waals surface area contributed by atoms with Crippen LogP contribution in [0.5, 0.6) is 0 Å². The minimum Gasteiger partial charge on any atom is -0.375 e. The number of likely N-dealkylation sites (N-methyl/N-ethyl adjacent to an activating group) is 3. The number of rotatable bonds is 2. The zero-order valence-electron chi connectivity index (χ0n) is 13.4. The van der Waals surface area contributed by atoms with Gasteiger partial charge in [0.15, 0.2) is 0 Å². The standard InChI is InChI=1S/C16H31N3O/c1-17-8-9-20-16(12-17)13-10-15(19(3)11-13)14-6-4-5-7-18(14)2/h13-16H,4-12H2,1-3H3. The van der Waals surface area contributed by atoms with E-state index in [1.54, 1.807) is 0 Å². The Morgan fingerprint density at radius 3 is 2.50 bits per heavy atom. The molecule has 4 heteroatoms. The summed E-state index contributed by atoms with van der Waals surface area (Å²) in [5, 5.41) is 0. The first-order chi connectivity index (χ1) is 9.65. The minimum absolute atomic E-state index is 0.454. The van der Waals surface area contributed by atoms with Crippen molar-refractivity contribution in [2.75, 3.05) is 53.9 Å². The molecule has 3 saturated heterocycles. The summed E-state index contributed by atoms with van der Waals surface area (Å²) in [5.74, 6) is 0.725. The van der Waals surface area contributed by atoms with Gasteiger partial charge in [0.05, 0.1) is 12.7 Å². The van der Waals surface area contributed by atoms with Crippen LogP contribution in [-0.2, 0) is 4.74 Å². The van der Waals surface area contributed by atoms with E-state index >= 15 is 0 Å². The summed E-state index contributed by atoms with van der Waals surface area (Å²) in [5.41, 5.74) is 0. The summed E-state index contributed by atoms with van der Waals surface area (Å²) in [6.45, 7) is 5.62. The maximum atomic E-state index is 6.06. The molecule has 0 saturated carbocycles. The highest BCUT2D eigenvalue weighted by atomic mass is 16.5. The SMILES string of the molecule is CN1CCOC(C2CC(C3CCCCN3C)N(C)C2)C1. The van der Waals surface area contributed by atoms with Gasteiger partial charge in [-0.2, -0.15) is 0 Å². The summed E-state index contributed by atoms with van der Waals surface area (Å²) >= 11 is 0. The van der Waals surface area contributed by atoms with E-state index < -0.39 is 0 Å². The van der Waals surface area contributed by atoms with Crippen LogP contribution in [0.25, 0.3) is 0 Å². The highest BCUT2D eigenvalue weighted by Crippen LogP contribution is 2.33. The van der Waals surface area contributed by atoms with Crippen LogP contribution < -0.4 is 0 Å². The second kappa shape index (κ2) is 6.30. The molecule has 3 heterocycles. The van der Waals surface area contributed by atoms with E-state index in [9.17, 15) is 0 Å². The van der Waals surface area contributed by atoms with E-state index in [4.69, 9.17) is 4.74 Å². The second-order valence-corrected chi connectivity index (χ2v) is 7.22. The van der Waals surface area contributed by atoms with Crippen molar-refractivity contribution in [3.8, 4) is 0 Å². The van der Waals surface area contributed by atoms with Crippen molar-refractivity contribution in [2.24, 2.45) is 5.92 Å². The number of morpholine rings is 1. The molecule has 0 radical (unpaired) electrons. The Bertz CT molecular complexity index is 325. The van der Waals surface area contributed by atoms with Gasteiger partial charge in [-0.1, -0.05) is 6.42 Å². The Labute approximate surface area is 124 Å². The summed E-state index contributed by atoms with van der Waals surface area (Å²) in [6.07, 6.45) is 5.94. The molecule has 3 aliphatic heterocycles.